The molecule has 2 aliphatic heterocycles. The maximum Gasteiger partial charge on any atom is 0.231 e. The van der Waals surface area contributed by atoms with Gasteiger partial charge in [0.15, 0.2) is 28.5 Å². The first kappa shape index (κ1) is 21.2. The van der Waals surface area contributed by atoms with E-state index in [0.717, 1.165) is 85.8 Å². The fourth-order valence-electron chi connectivity index (χ4n) is 4.38. The Kier molecular flexibility index (Phi) is 5.68. The molecule has 0 aliphatic carbocycles. The molecule has 6 rings (SSSR count). The minimum absolute atomic E-state index is 0.308. The molecule has 1 fully saturated rings. The highest BCUT2D eigenvalue weighted by molar-refractivity contribution is 7.08. The average Bonchev–Trinajstić information content (AvgIpc) is 3.63. The highest BCUT2D eigenvalue weighted by Crippen LogP contribution is 2.33. The predicted octanol–water partition coefficient (Wildman–Crippen LogP) is 3.75. The van der Waals surface area contributed by atoms with E-state index < -0.39 is 0 Å². The molecule has 0 unspecified atom stereocenters. The van der Waals surface area contributed by atoms with E-state index in [9.17, 15) is 0 Å². The van der Waals surface area contributed by atoms with Crippen LogP contribution in [-0.4, -0.2) is 63.9 Å². The van der Waals surface area contributed by atoms with Crippen LogP contribution in [0.2, 0.25) is 0 Å². The molecule has 1 N–H and O–H groups in total. The Balaban J connectivity index is 1.21. The van der Waals surface area contributed by atoms with Gasteiger partial charge in [0.2, 0.25) is 12.7 Å². The summed E-state index contributed by atoms with van der Waals surface area (Å²) < 4.78 is 13.0. The zero-order valence-corrected chi connectivity index (χ0v) is 19.9. The summed E-state index contributed by atoms with van der Waals surface area (Å²) in [5.74, 6) is 3.23. The van der Waals surface area contributed by atoms with Gasteiger partial charge in [-0.15, -0.1) is 0 Å². The van der Waals surface area contributed by atoms with Crippen molar-refractivity contribution in [3.8, 4) is 17.2 Å². The summed E-state index contributed by atoms with van der Waals surface area (Å²) in [7, 11) is 0. The van der Waals surface area contributed by atoms with Crippen molar-refractivity contribution in [3.05, 3.63) is 46.9 Å². The Morgan fingerprint density at radius 1 is 1.06 bits per heavy atom. The Hall–Kier alpha value is -3.37. The van der Waals surface area contributed by atoms with E-state index in [2.05, 4.69) is 56.0 Å². The van der Waals surface area contributed by atoms with Crippen molar-refractivity contribution in [1.29, 1.82) is 0 Å². The largest absolute Gasteiger partial charge is 0.454 e. The number of ether oxygens (including phenoxy) is 2. The molecule has 1 saturated heterocycles. The standard InChI is InChI=1S/C24H27N7O2S/c1-2-6-25-22-21-23(31(15-26-21)18-5-11-34-14-18)28-24(27-22)30-9-7-29(8-10-30)13-17-3-4-19-20(12-17)33-16-32-19/h3-5,11-12,14-15H,2,6-10,13,16H2,1H3,(H,25,27,28). The SMILES string of the molecule is CCCNc1nc(N2CCN(Cc3ccc4c(c3)OCO4)CC2)nc2c1ncn2-c1ccsc1. The Morgan fingerprint density at radius 3 is 2.76 bits per heavy atom. The molecule has 10 heteroatoms. The first-order valence-electron chi connectivity index (χ1n) is 11.7. The molecule has 2 aliphatic rings. The van der Waals surface area contributed by atoms with E-state index in [-0.39, 0.29) is 0 Å². The molecule has 0 saturated carbocycles. The summed E-state index contributed by atoms with van der Waals surface area (Å²) in [6.07, 6.45) is 2.86. The summed E-state index contributed by atoms with van der Waals surface area (Å²) >= 11 is 1.67. The number of aromatic nitrogens is 4. The van der Waals surface area contributed by atoms with Crippen LogP contribution in [0.15, 0.2) is 41.4 Å². The van der Waals surface area contributed by atoms with Crippen LogP contribution < -0.4 is 19.7 Å². The van der Waals surface area contributed by atoms with Gasteiger partial charge in [-0.3, -0.25) is 9.47 Å². The van der Waals surface area contributed by atoms with Crippen LogP contribution in [0.1, 0.15) is 18.9 Å². The van der Waals surface area contributed by atoms with E-state index in [1.165, 1.54) is 5.56 Å². The van der Waals surface area contributed by atoms with Gasteiger partial charge in [0, 0.05) is 44.6 Å². The molecule has 176 valence electrons. The normalized spacial score (nSPS) is 15.9. The molecular formula is C24H27N7O2S. The summed E-state index contributed by atoms with van der Waals surface area (Å²) in [4.78, 5) is 19.2. The van der Waals surface area contributed by atoms with Crippen LogP contribution in [0.5, 0.6) is 11.5 Å². The predicted molar refractivity (Wildman–Crippen MR) is 133 cm³/mol. The number of hydrogen-bond donors (Lipinski definition) is 1. The van der Waals surface area contributed by atoms with Gasteiger partial charge in [0.1, 0.15) is 6.33 Å². The fourth-order valence-corrected chi connectivity index (χ4v) is 5.01. The molecule has 0 amide bonds. The fraction of sp³-hybridized carbons (Fsp3) is 0.375. The maximum absolute atomic E-state index is 5.53. The third kappa shape index (κ3) is 4.03. The van der Waals surface area contributed by atoms with Gasteiger partial charge < -0.3 is 19.7 Å². The lowest BCUT2D eigenvalue weighted by molar-refractivity contribution is 0.174. The quantitative estimate of drug-likeness (QED) is 0.431. The summed E-state index contributed by atoms with van der Waals surface area (Å²) in [6, 6.07) is 8.29. The number of benzene rings is 1. The van der Waals surface area contributed by atoms with Crippen molar-refractivity contribution in [2.24, 2.45) is 0 Å². The summed E-state index contributed by atoms with van der Waals surface area (Å²) in [6.45, 7) is 7.82. The molecule has 4 aromatic rings. The zero-order chi connectivity index (χ0) is 22.9. The lowest BCUT2D eigenvalue weighted by Gasteiger charge is -2.34. The molecular weight excluding hydrogens is 450 g/mol. The number of hydrogen-bond acceptors (Lipinski definition) is 9. The maximum atomic E-state index is 5.53. The molecule has 0 radical (unpaired) electrons. The monoisotopic (exact) mass is 477 g/mol. The number of anilines is 2. The summed E-state index contributed by atoms with van der Waals surface area (Å²) in [5.41, 5.74) is 3.96. The van der Waals surface area contributed by atoms with E-state index in [0.29, 0.717) is 6.79 Å². The first-order valence-corrected chi connectivity index (χ1v) is 12.6. The van der Waals surface area contributed by atoms with Gasteiger partial charge in [0.25, 0.3) is 0 Å². The Bertz CT molecular complexity index is 1280. The molecule has 1 aromatic carbocycles. The molecule has 5 heterocycles. The van der Waals surface area contributed by atoms with Gasteiger partial charge in [-0.1, -0.05) is 13.0 Å². The van der Waals surface area contributed by atoms with Crippen LogP contribution in [0, 0.1) is 0 Å². The van der Waals surface area contributed by atoms with Crippen molar-refractivity contribution in [2.45, 2.75) is 19.9 Å². The topological polar surface area (TPSA) is 80.6 Å². The van der Waals surface area contributed by atoms with Crippen molar-refractivity contribution in [3.63, 3.8) is 0 Å². The Labute approximate surface area is 202 Å². The number of imidazole rings is 1. The number of fused-ring (bicyclic) bond motifs is 2. The van der Waals surface area contributed by atoms with Crippen molar-refractivity contribution in [1.82, 2.24) is 24.4 Å². The van der Waals surface area contributed by atoms with E-state index in [4.69, 9.17) is 19.4 Å². The van der Waals surface area contributed by atoms with Crippen LogP contribution >= 0.6 is 11.3 Å². The number of nitrogens with zero attached hydrogens (tertiary/aromatic N) is 6. The number of nitrogens with one attached hydrogen (secondary N) is 1. The second-order valence-electron chi connectivity index (χ2n) is 8.52. The number of thiophene rings is 1. The molecule has 34 heavy (non-hydrogen) atoms. The minimum Gasteiger partial charge on any atom is -0.454 e. The van der Waals surface area contributed by atoms with Gasteiger partial charge in [-0.2, -0.15) is 21.3 Å². The van der Waals surface area contributed by atoms with Gasteiger partial charge in [0.05, 0.1) is 5.69 Å². The molecule has 3 aromatic heterocycles. The number of rotatable bonds is 7. The molecule has 0 atom stereocenters. The Morgan fingerprint density at radius 2 is 1.94 bits per heavy atom. The minimum atomic E-state index is 0.308. The van der Waals surface area contributed by atoms with E-state index >= 15 is 0 Å². The second kappa shape index (κ2) is 9.11. The zero-order valence-electron chi connectivity index (χ0n) is 19.1. The highest BCUT2D eigenvalue weighted by Gasteiger charge is 2.23. The lowest BCUT2D eigenvalue weighted by Crippen LogP contribution is -2.46. The second-order valence-corrected chi connectivity index (χ2v) is 9.30. The van der Waals surface area contributed by atoms with E-state index in [1.54, 1.807) is 11.3 Å². The van der Waals surface area contributed by atoms with Gasteiger partial charge in [-0.05, 0) is 35.6 Å². The molecule has 0 spiro atoms. The van der Waals surface area contributed by atoms with Crippen molar-refractivity contribution >= 4 is 34.3 Å². The summed E-state index contributed by atoms with van der Waals surface area (Å²) in [5, 5.41) is 7.63. The molecule has 0 bridgehead atoms. The van der Waals surface area contributed by atoms with Crippen LogP contribution in [0.4, 0.5) is 11.8 Å². The third-order valence-electron chi connectivity index (χ3n) is 6.21. The smallest absolute Gasteiger partial charge is 0.231 e. The highest BCUT2D eigenvalue weighted by atomic mass is 32.1. The average molecular weight is 478 g/mol. The van der Waals surface area contributed by atoms with Crippen molar-refractivity contribution < 1.29 is 9.47 Å². The third-order valence-corrected chi connectivity index (χ3v) is 6.88. The molecule has 9 nitrogen and oxygen atoms in total. The number of piperazine rings is 1. The van der Waals surface area contributed by atoms with Gasteiger partial charge >= 0.3 is 0 Å². The van der Waals surface area contributed by atoms with E-state index in [1.807, 2.05) is 17.0 Å². The lowest BCUT2D eigenvalue weighted by atomic mass is 10.1. The van der Waals surface area contributed by atoms with Crippen molar-refractivity contribution in [2.75, 3.05) is 49.7 Å². The first-order chi connectivity index (χ1) is 16.8. The van der Waals surface area contributed by atoms with Gasteiger partial charge in [-0.25, -0.2) is 4.98 Å². The van der Waals surface area contributed by atoms with Crippen LogP contribution in [0.25, 0.3) is 16.9 Å². The van der Waals surface area contributed by atoms with Crippen LogP contribution in [0.3, 0.4) is 0 Å². The van der Waals surface area contributed by atoms with Crippen LogP contribution in [-0.2, 0) is 6.54 Å².